The average Bonchev–Trinajstić information content (AvgIpc) is 2.94. The van der Waals surface area contributed by atoms with Crippen LogP contribution in [0, 0.1) is 11.0 Å². The van der Waals surface area contributed by atoms with Gasteiger partial charge in [0.1, 0.15) is 11.7 Å². The zero-order chi connectivity index (χ0) is 27.1. The fraction of sp³-hybridized carbons (Fsp3) is 0.483. The number of carbonyl (C=O) groups is 2. The number of benzene rings is 2. The number of hydrogen-bond acceptors (Lipinski definition) is 7. The Morgan fingerprint density at radius 3 is 2.42 bits per heavy atom. The van der Waals surface area contributed by atoms with Crippen molar-refractivity contribution >= 4 is 17.7 Å². The molecule has 0 spiro atoms. The highest BCUT2D eigenvalue weighted by Crippen LogP contribution is 2.39. The molecule has 0 amide bonds. The van der Waals surface area contributed by atoms with Gasteiger partial charge in [-0.25, -0.2) is 4.39 Å². The van der Waals surface area contributed by atoms with E-state index in [-0.39, 0.29) is 37.0 Å². The first-order valence-electron chi connectivity index (χ1n) is 13.1. The summed E-state index contributed by atoms with van der Waals surface area (Å²) < 4.78 is 30.9. The van der Waals surface area contributed by atoms with E-state index in [0.717, 1.165) is 31.2 Å². The predicted molar refractivity (Wildman–Crippen MR) is 137 cm³/mol. The molecule has 0 bridgehead atoms. The van der Waals surface area contributed by atoms with Gasteiger partial charge in [-0.15, -0.1) is 0 Å². The summed E-state index contributed by atoms with van der Waals surface area (Å²) >= 11 is 0. The number of methoxy groups -OCH3 is 1. The summed E-state index contributed by atoms with van der Waals surface area (Å²) in [5, 5.41) is 13.3. The molecule has 8 nitrogen and oxygen atoms in total. The van der Waals surface area contributed by atoms with Gasteiger partial charge in [-0.2, -0.15) is 0 Å². The Kier molecular flexibility index (Phi) is 9.33. The van der Waals surface area contributed by atoms with Gasteiger partial charge >= 0.3 is 11.9 Å². The van der Waals surface area contributed by atoms with E-state index in [1.807, 2.05) is 18.2 Å². The Hall–Kier alpha value is -3.46. The summed E-state index contributed by atoms with van der Waals surface area (Å²) in [4.78, 5) is 30.5. The van der Waals surface area contributed by atoms with Crippen LogP contribution in [0.25, 0.3) is 0 Å². The Bertz CT molecular complexity index is 1120. The highest BCUT2D eigenvalue weighted by atomic mass is 19.1. The lowest BCUT2D eigenvalue weighted by atomic mass is 9.81. The Morgan fingerprint density at radius 1 is 1.03 bits per heavy atom. The second kappa shape index (κ2) is 12.9. The minimum atomic E-state index is -1.20. The fourth-order valence-corrected chi connectivity index (χ4v) is 5.29. The van der Waals surface area contributed by atoms with Gasteiger partial charge in [-0.1, -0.05) is 62.2 Å². The maximum Gasteiger partial charge on any atom is 0.306 e. The van der Waals surface area contributed by atoms with Crippen LogP contribution < -0.4 is 0 Å². The van der Waals surface area contributed by atoms with Gasteiger partial charge in [0.2, 0.25) is 12.0 Å². The summed E-state index contributed by atoms with van der Waals surface area (Å²) in [5.41, 5.74) is 1.84. The summed E-state index contributed by atoms with van der Waals surface area (Å²) in [6.07, 6.45) is 1.22. The minimum Gasteiger partial charge on any atom is -0.469 e. The second-order valence-corrected chi connectivity index (χ2v) is 9.61. The number of ether oxygens (including phenoxy) is 3. The van der Waals surface area contributed by atoms with Crippen LogP contribution in [-0.2, 0) is 28.6 Å². The van der Waals surface area contributed by atoms with Gasteiger partial charge in [0.25, 0.3) is 0 Å². The van der Waals surface area contributed by atoms with E-state index in [0.29, 0.717) is 10.5 Å². The number of esters is 2. The van der Waals surface area contributed by atoms with Crippen LogP contribution in [0.4, 0.5) is 4.39 Å². The van der Waals surface area contributed by atoms with Crippen LogP contribution >= 0.6 is 0 Å². The molecule has 1 fully saturated rings. The van der Waals surface area contributed by atoms with E-state index >= 15 is 0 Å². The molecular weight excluding hydrogens is 493 g/mol. The topological polar surface area (TPSA) is 97.1 Å². The molecular formula is C29H34FNO7. The molecule has 1 heterocycles. The lowest BCUT2D eigenvalue weighted by Crippen LogP contribution is -2.52. The second-order valence-electron chi connectivity index (χ2n) is 9.61. The molecule has 0 aromatic heterocycles. The average molecular weight is 528 g/mol. The molecule has 2 aliphatic rings. The monoisotopic (exact) mass is 527 g/mol. The third kappa shape index (κ3) is 6.51. The fourth-order valence-electron chi connectivity index (χ4n) is 5.29. The van der Waals surface area contributed by atoms with E-state index in [1.54, 1.807) is 6.92 Å². The maximum atomic E-state index is 13.8. The molecule has 4 rings (SSSR count). The first-order chi connectivity index (χ1) is 18.4. The summed E-state index contributed by atoms with van der Waals surface area (Å²) in [6.45, 7) is 1.67. The van der Waals surface area contributed by atoms with Crippen LogP contribution in [0.3, 0.4) is 0 Å². The zero-order valence-corrected chi connectivity index (χ0v) is 21.7. The Balaban J connectivity index is 1.71. The molecule has 2 aromatic carbocycles. The van der Waals surface area contributed by atoms with Crippen LogP contribution in [0.1, 0.15) is 74.8 Å². The standard InChI is InChI=1S/C29H34FNO7/c1-3-25(32)37-28-27(20-13-15-21(30)16-14-20)23(17-18-26(33)35-2)31(34)38-29(28)36-24-12-8-7-11-22(24)19-9-5-4-6-10-19/h4-6,9-10,13-16,22,24,27-29H,3,7-8,11-12,17-18H2,1-2H3. The van der Waals surface area contributed by atoms with Crippen molar-refractivity contribution in [1.29, 1.82) is 0 Å². The van der Waals surface area contributed by atoms with Gasteiger partial charge < -0.3 is 19.0 Å². The molecule has 1 aliphatic carbocycles. The molecule has 204 valence electrons. The molecule has 0 radical (unpaired) electrons. The first kappa shape index (κ1) is 27.6. The van der Waals surface area contributed by atoms with Crippen molar-refractivity contribution < 1.29 is 37.9 Å². The highest BCUT2D eigenvalue weighted by Gasteiger charge is 2.48. The molecule has 5 atom stereocenters. The van der Waals surface area contributed by atoms with E-state index in [2.05, 4.69) is 12.1 Å². The number of halogens is 1. The zero-order valence-electron chi connectivity index (χ0n) is 21.7. The minimum absolute atomic E-state index is 0.00117. The van der Waals surface area contributed by atoms with Gasteiger partial charge in [0, 0.05) is 23.7 Å². The van der Waals surface area contributed by atoms with E-state index < -0.39 is 36.1 Å². The van der Waals surface area contributed by atoms with Crippen molar-refractivity contribution in [3.8, 4) is 0 Å². The van der Waals surface area contributed by atoms with Gasteiger partial charge in [-0.3, -0.25) is 14.8 Å². The third-order valence-corrected chi connectivity index (χ3v) is 7.23. The smallest absolute Gasteiger partial charge is 0.306 e. The SMILES string of the molecule is CCC(=O)OC1C(OC2CCCCC2c2ccccc2)O[N+]([O-])=C(CCC(=O)OC)C1c1ccc(F)cc1. The molecule has 1 aliphatic heterocycles. The summed E-state index contributed by atoms with van der Waals surface area (Å²) in [5.74, 6) is -2.17. The lowest BCUT2D eigenvalue weighted by Gasteiger charge is -2.41. The number of hydrogen-bond donors (Lipinski definition) is 0. The maximum absolute atomic E-state index is 13.8. The van der Waals surface area contributed by atoms with Crippen LogP contribution in [-0.4, -0.2) is 48.2 Å². The molecule has 2 aromatic rings. The van der Waals surface area contributed by atoms with E-state index in [9.17, 15) is 19.2 Å². The van der Waals surface area contributed by atoms with Gasteiger partial charge in [0.05, 0.1) is 19.6 Å². The first-order valence-corrected chi connectivity index (χ1v) is 13.1. The number of carbonyl (C=O) groups excluding carboxylic acids is 2. The van der Waals surface area contributed by atoms with E-state index in [1.165, 1.54) is 31.4 Å². The molecule has 5 unspecified atom stereocenters. The summed E-state index contributed by atoms with van der Waals surface area (Å²) in [7, 11) is 1.26. The van der Waals surface area contributed by atoms with Crippen molar-refractivity contribution in [1.82, 2.24) is 0 Å². The van der Waals surface area contributed by atoms with Gasteiger partial charge in [0.15, 0.2) is 6.10 Å². The van der Waals surface area contributed by atoms with Crippen molar-refractivity contribution in [3.63, 3.8) is 0 Å². The van der Waals surface area contributed by atoms with Crippen LogP contribution in [0.15, 0.2) is 54.6 Å². The van der Waals surface area contributed by atoms with Crippen LogP contribution in [0.5, 0.6) is 0 Å². The Morgan fingerprint density at radius 2 is 1.74 bits per heavy atom. The highest BCUT2D eigenvalue weighted by molar-refractivity contribution is 5.90. The molecule has 9 heteroatoms. The molecule has 0 saturated heterocycles. The lowest BCUT2D eigenvalue weighted by molar-refractivity contribution is -0.776. The Labute approximate surface area is 221 Å². The number of nitrogens with zero attached hydrogens (tertiary/aromatic N) is 1. The van der Waals surface area contributed by atoms with Gasteiger partial charge in [-0.05, 0) is 36.1 Å². The largest absolute Gasteiger partial charge is 0.469 e. The molecule has 1 saturated carbocycles. The van der Waals surface area contributed by atoms with Crippen molar-refractivity contribution in [2.75, 3.05) is 7.11 Å². The van der Waals surface area contributed by atoms with Crippen LogP contribution in [0.2, 0.25) is 0 Å². The molecule has 0 N–H and O–H groups in total. The van der Waals surface area contributed by atoms with Crippen molar-refractivity contribution in [2.45, 2.75) is 82.2 Å². The quantitative estimate of drug-likeness (QED) is 0.329. The summed E-state index contributed by atoms with van der Waals surface area (Å²) in [6, 6.07) is 15.7. The number of rotatable bonds is 9. The van der Waals surface area contributed by atoms with Crippen molar-refractivity contribution in [2.24, 2.45) is 0 Å². The third-order valence-electron chi connectivity index (χ3n) is 7.23. The molecule has 38 heavy (non-hydrogen) atoms. The van der Waals surface area contributed by atoms with E-state index in [4.69, 9.17) is 19.0 Å². The van der Waals surface area contributed by atoms with Crippen molar-refractivity contribution in [3.05, 3.63) is 76.7 Å². The predicted octanol–water partition coefficient (Wildman–Crippen LogP) is 5.15. The normalized spacial score (nSPS) is 25.4.